The lowest BCUT2D eigenvalue weighted by molar-refractivity contribution is -0.169. The summed E-state index contributed by atoms with van der Waals surface area (Å²) >= 11 is 0. The third-order valence-electron chi connectivity index (χ3n) is 6.28. The number of carbonyl (C=O) groups is 1. The van der Waals surface area contributed by atoms with Crippen molar-refractivity contribution in [1.29, 1.82) is 0 Å². The first-order chi connectivity index (χ1) is 19.2. The first-order valence-electron chi connectivity index (χ1n) is 12.0. The summed E-state index contributed by atoms with van der Waals surface area (Å²) in [5.41, 5.74) is 11.5. The maximum Gasteiger partial charge on any atom is 0.473 e. The number of carbonyl (C=O) groups excluding carboxylic acids is 1. The summed E-state index contributed by atoms with van der Waals surface area (Å²) in [5, 5.41) is 6.42. The van der Waals surface area contributed by atoms with E-state index in [1.54, 1.807) is 37.3 Å². The van der Waals surface area contributed by atoms with E-state index in [1.807, 2.05) is 18.2 Å². The second-order valence-electron chi connectivity index (χ2n) is 9.03. The second-order valence-corrected chi connectivity index (χ2v) is 9.03. The summed E-state index contributed by atoms with van der Waals surface area (Å²) in [6.45, 7) is 1.58. The zero-order valence-electron chi connectivity index (χ0n) is 20.7. The normalized spacial score (nSPS) is 15.9. The van der Waals surface area contributed by atoms with Crippen LogP contribution >= 0.6 is 0 Å². The number of nitrogens with zero attached hydrogens (tertiary/aromatic N) is 3. The largest absolute Gasteiger partial charge is 0.473 e. The van der Waals surface area contributed by atoms with Gasteiger partial charge in [-0.1, -0.05) is 30.3 Å². The van der Waals surface area contributed by atoms with Gasteiger partial charge in [-0.2, -0.15) is 13.2 Å². The van der Waals surface area contributed by atoms with E-state index in [0.717, 1.165) is 5.69 Å². The summed E-state index contributed by atoms with van der Waals surface area (Å²) in [6.07, 6.45) is -3.64. The van der Waals surface area contributed by atoms with E-state index in [-0.39, 0.29) is 11.2 Å². The number of amides is 1. The van der Waals surface area contributed by atoms with Crippen molar-refractivity contribution in [3.63, 3.8) is 0 Å². The van der Waals surface area contributed by atoms with Crippen LogP contribution in [0, 0.1) is 12.7 Å². The molecule has 0 radical (unpaired) electrons. The van der Waals surface area contributed by atoms with E-state index >= 15 is 0 Å². The Bertz CT molecular complexity index is 1800. The number of halogens is 4. The zero-order valence-corrected chi connectivity index (χ0v) is 20.7. The van der Waals surface area contributed by atoms with Crippen LogP contribution in [0.5, 0.6) is 0 Å². The summed E-state index contributed by atoms with van der Waals surface area (Å²) in [6, 6.07) is 18.0. The van der Waals surface area contributed by atoms with Gasteiger partial charge in [0.1, 0.15) is 23.0 Å². The highest BCUT2D eigenvalue weighted by atomic mass is 19.4. The fraction of sp³-hybridized carbons (Fsp3) is 0.0714. The number of fused-ring (bicyclic) bond motifs is 2. The molecule has 6 rings (SSSR count). The number of pyridine rings is 1. The molecular weight excluding hydrogens is 526 g/mol. The van der Waals surface area contributed by atoms with E-state index in [4.69, 9.17) is 4.98 Å². The molecule has 200 valence electrons. The molecule has 0 spiro atoms. The number of hydrogen-bond donors (Lipinski definition) is 4. The third-order valence-corrected chi connectivity index (χ3v) is 6.28. The summed E-state index contributed by atoms with van der Waals surface area (Å²) in [4.78, 5) is 23.6. The Morgan fingerprint density at radius 2 is 1.70 bits per heavy atom. The van der Waals surface area contributed by atoms with E-state index in [1.165, 1.54) is 24.4 Å². The highest BCUT2D eigenvalue weighted by Gasteiger charge is 2.38. The summed E-state index contributed by atoms with van der Waals surface area (Å²) in [5.74, 6) is -1.99. The van der Waals surface area contributed by atoms with Crippen molar-refractivity contribution < 1.29 is 22.4 Å². The van der Waals surface area contributed by atoms with Crippen molar-refractivity contribution in [2.75, 3.05) is 16.1 Å². The van der Waals surface area contributed by atoms with Crippen molar-refractivity contribution in [1.82, 2.24) is 15.4 Å². The highest BCUT2D eigenvalue weighted by Crippen LogP contribution is 2.42. The van der Waals surface area contributed by atoms with E-state index in [9.17, 15) is 22.4 Å². The van der Waals surface area contributed by atoms with E-state index < -0.39 is 12.1 Å². The summed E-state index contributed by atoms with van der Waals surface area (Å²) < 4.78 is 53.0. The predicted molar refractivity (Wildman–Crippen MR) is 142 cm³/mol. The maximum atomic E-state index is 14.6. The van der Waals surface area contributed by atoms with Crippen LogP contribution < -0.4 is 26.8 Å². The number of hydrazine groups is 1. The minimum atomic E-state index is -5.09. The van der Waals surface area contributed by atoms with Crippen LogP contribution in [0.25, 0.3) is 28.1 Å². The molecule has 2 aromatic heterocycles. The smallest absolute Gasteiger partial charge is 0.338 e. The van der Waals surface area contributed by atoms with Crippen LogP contribution in [-0.2, 0) is 4.79 Å². The number of aryl methyl sites for hydroxylation is 1. The molecule has 0 fully saturated rings. The number of anilines is 3. The monoisotopic (exact) mass is 545 g/mol. The molecule has 0 saturated heterocycles. The Morgan fingerprint density at radius 3 is 2.50 bits per heavy atom. The molecule has 0 saturated carbocycles. The van der Waals surface area contributed by atoms with Gasteiger partial charge in [0.15, 0.2) is 0 Å². The molecule has 12 heteroatoms. The van der Waals surface area contributed by atoms with Crippen molar-refractivity contribution in [3.8, 4) is 22.4 Å². The van der Waals surface area contributed by atoms with E-state index in [2.05, 4.69) is 31.5 Å². The number of nitrogens with one attached hydrogen (secondary N) is 4. The minimum Gasteiger partial charge on any atom is -0.338 e. The third kappa shape index (κ3) is 4.59. The van der Waals surface area contributed by atoms with Gasteiger partial charge in [0, 0.05) is 28.6 Å². The van der Waals surface area contributed by atoms with Gasteiger partial charge in [-0.3, -0.25) is 20.6 Å². The van der Waals surface area contributed by atoms with Crippen LogP contribution in [-0.4, -0.2) is 22.1 Å². The van der Waals surface area contributed by atoms with Gasteiger partial charge in [0.2, 0.25) is 0 Å². The van der Waals surface area contributed by atoms with Gasteiger partial charge in [0.25, 0.3) is 0 Å². The Balaban J connectivity index is 1.40. The first-order valence-corrected chi connectivity index (χ1v) is 12.0. The number of rotatable bonds is 2. The number of benzene rings is 2. The lowest BCUT2D eigenvalue weighted by Crippen LogP contribution is -2.22. The Morgan fingerprint density at radius 1 is 0.900 bits per heavy atom. The molecule has 4 N–H and O–H groups in total. The van der Waals surface area contributed by atoms with Gasteiger partial charge in [-0.15, -0.1) is 0 Å². The molecule has 2 aromatic carbocycles. The molecule has 0 atom stereocenters. The molecular formula is C28H19F4N7O. The average Bonchev–Trinajstić information content (AvgIpc) is 3.49. The van der Waals surface area contributed by atoms with Crippen molar-refractivity contribution in [2.45, 2.75) is 13.1 Å². The molecule has 4 aromatic rings. The van der Waals surface area contributed by atoms with Gasteiger partial charge in [0.05, 0.1) is 28.1 Å². The van der Waals surface area contributed by atoms with Crippen molar-refractivity contribution >= 4 is 28.7 Å². The molecule has 1 amide bonds. The standard InChI is InChI=1S/C28H19F4N7O/c1-14-11-16(34-27(40)28(30,31)32)12-15(13-33-14)20-9-10-22-24(35-20)25(39-38-22)26-36-21-8-4-6-18(23(21)37-26)17-5-2-3-7-19(17)29/h2-13,36-39H,1H3. The average molecular weight is 546 g/mol. The predicted octanol–water partition coefficient (Wildman–Crippen LogP) is 5.34. The summed E-state index contributed by atoms with van der Waals surface area (Å²) in [7, 11) is 0. The van der Waals surface area contributed by atoms with E-state index in [0.29, 0.717) is 56.7 Å². The Kier molecular flexibility index (Phi) is 5.94. The Labute approximate surface area is 224 Å². The quantitative estimate of drug-likeness (QED) is 0.252. The van der Waals surface area contributed by atoms with Crippen LogP contribution in [0.15, 0.2) is 83.7 Å². The Hall–Kier alpha value is -5.26. The maximum absolute atomic E-state index is 14.6. The second kappa shape index (κ2) is 9.49. The fourth-order valence-corrected chi connectivity index (χ4v) is 4.44. The molecule has 0 aliphatic carbocycles. The SMILES string of the molecule is Cc1cc(=NC(=O)C(F)(F)F)cc(-c2ccc3c(n2)C(=C2Nc4cccc(-c5ccccc5F)c4N2)NN3)cn1. The lowest BCUT2D eigenvalue weighted by Gasteiger charge is -2.09. The molecule has 4 heterocycles. The molecule has 2 aliphatic heterocycles. The topological polar surface area (TPSA) is 103 Å². The number of aromatic nitrogens is 2. The van der Waals surface area contributed by atoms with Crippen LogP contribution in [0.3, 0.4) is 0 Å². The fourth-order valence-electron chi connectivity index (χ4n) is 4.44. The van der Waals surface area contributed by atoms with Gasteiger partial charge in [-0.25, -0.2) is 14.4 Å². The molecule has 40 heavy (non-hydrogen) atoms. The zero-order chi connectivity index (χ0) is 28.0. The van der Waals surface area contributed by atoms with Crippen LogP contribution in [0.4, 0.5) is 34.6 Å². The lowest BCUT2D eigenvalue weighted by atomic mass is 10.0. The van der Waals surface area contributed by atoms with Crippen LogP contribution in [0.2, 0.25) is 0 Å². The molecule has 0 unspecified atom stereocenters. The minimum absolute atomic E-state index is 0.195. The first kappa shape index (κ1) is 25.0. The van der Waals surface area contributed by atoms with Crippen molar-refractivity contribution in [3.05, 3.63) is 101 Å². The van der Waals surface area contributed by atoms with Gasteiger partial charge >= 0.3 is 12.1 Å². The molecule has 8 nitrogen and oxygen atoms in total. The van der Waals surface area contributed by atoms with Crippen LogP contribution in [0.1, 0.15) is 11.4 Å². The van der Waals surface area contributed by atoms with Crippen molar-refractivity contribution in [2.24, 2.45) is 4.99 Å². The van der Waals surface area contributed by atoms with Gasteiger partial charge in [-0.05, 0) is 43.3 Å². The number of alkyl halides is 3. The highest BCUT2D eigenvalue weighted by molar-refractivity contribution is 5.96. The van der Waals surface area contributed by atoms with Gasteiger partial charge < -0.3 is 10.6 Å². The number of para-hydroxylation sites is 1. The number of hydrogen-bond acceptors (Lipinski definition) is 7. The molecule has 0 bridgehead atoms. The molecule has 2 aliphatic rings.